The lowest BCUT2D eigenvalue weighted by atomic mass is 9.91. The molecule has 0 aliphatic heterocycles. The van der Waals surface area contributed by atoms with Crippen molar-refractivity contribution in [2.45, 2.75) is 44.3 Å². The molecule has 1 aliphatic carbocycles. The first-order chi connectivity index (χ1) is 15.0. The number of nitrogens with one attached hydrogen (secondary N) is 2. The van der Waals surface area contributed by atoms with Crippen molar-refractivity contribution in [2.24, 2.45) is 0 Å². The Kier molecular flexibility index (Phi) is 6.42. The van der Waals surface area contributed by atoms with E-state index in [4.69, 9.17) is 14.7 Å². The van der Waals surface area contributed by atoms with Crippen LogP contribution in [0.25, 0.3) is 10.9 Å². The lowest BCUT2D eigenvalue weighted by molar-refractivity contribution is 0.351. The second-order valence-electron chi connectivity index (χ2n) is 8.36. The molecule has 3 N–H and O–H groups in total. The van der Waals surface area contributed by atoms with E-state index < -0.39 is 0 Å². The number of para-hydroxylation sites is 1. The number of hydrogen-bond donors (Lipinski definition) is 3. The number of fused-ring (bicyclic) bond motifs is 1. The molecule has 4 rings (SSSR count). The van der Waals surface area contributed by atoms with E-state index in [0.717, 1.165) is 54.5 Å². The van der Waals surface area contributed by atoms with Crippen LogP contribution in [0.15, 0.2) is 42.5 Å². The van der Waals surface area contributed by atoms with Gasteiger partial charge in [-0.25, -0.2) is 4.98 Å². The highest BCUT2D eigenvalue weighted by Crippen LogP contribution is 2.28. The predicted octanol–water partition coefficient (Wildman–Crippen LogP) is 3.92. The SMILES string of the molecule is COc1ccc(CNC2CCC(Nc3nc(N(C)C)c4ccccc4n3)CC2)cc1O. The fraction of sp³-hybridized carbons (Fsp3) is 0.417. The van der Waals surface area contributed by atoms with E-state index in [0.29, 0.717) is 23.8 Å². The van der Waals surface area contributed by atoms with Gasteiger partial charge in [0.05, 0.1) is 12.6 Å². The third-order valence-electron chi connectivity index (χ3n) is 5.91. The minimum Gasteiger partial charge on any atom is -0.504 e. The summed E-state index contributed by atoms with van der Waals surface area (Å²) < 4.78 is 5.11. The zero-order valence-electron chi connectivity index (χ0n) is 18.4. The van der Waals surface area contributed by atoms with E-state index in [-0.39, 0.29) is 5.75 Å². The van der Waals surface area contributed by atoms with Crippen LogP contribution in [0.5, 0.6) is 11.5 Å². The van der Waals surface area contributed by atoms with Crippen molar-refractivity contribution in [2.75, 3.05) is 31.4 Å². The molecule has 0 saturated heterocycles. The Balaban J connectivity index is 1.33. The molecule has 0 radical (unpaired) electrons. The van der Waals surface area contributed by atoms with Crippen molar-refractivity contribution in [3.8, 4) is 11.5 Å². The zero-order valence-corrected chi connectivity index (χ0v) is 18.4. The van der Waals surface area contributed by atoms with E-state index in [9.17, 15) is 5.11 Å². The number of phenols is 1. The van der Waals surface area contributed by atoms with E-state index in [2.05, 4.69) is 16.7 Å². The van der Waals surface area contributed by atoms with Crippen LogP contribution in [0.3, 0.4) is 0 Å². The quantitative estimate of drug-likeness (QED) is 0.533. The Labute approximate surface area is 183 Å². The van der Waals surface area contributed by atoms with Crippen LogP contribution in [-0.2, 0) is 6.54 Å². The minimum atomic E-state index is 0.183. The Morgan fingerprint density at radius 3 is 2.48 bits per heavy atom. The fourth-order valence-corrected chi connectivity index (χ4v) is 4.20. The minimum absolute atomic E-state index is 0.183. The van der Waals surface area contributed by atoms with Crippen molar-refractivity contribution >= 4 is 22.7 Å². The summed E-state index contributed by atoms with van der Waals surface area (Å²) in [4.78, 5) is 11.5. The standard InChI is InChI=1S/C24H31N5O2/c1-29(2)23-19-6-4-5-7-20(19)27-24(28-23)26-18-11-9-17(10-12-18)25-15-16-8-13-22(31-3)21(30)14-16/h4-8,13-14,17-18,25,30H,9-12,15H2,1-3H3,(H,26,27,28). The molecule has 164 valence electrons. The van der Waals surface area contributed by atoms with Gasteiger partial charge in [0, 0.05) is 38.1 Å². The van der Waals surface area contributed by atoms with Gasteiger partial charge in [0.2, 0.25) is 5.95 Å². The van der Waals surface area contributed by atoms with Crippen molar-refractivity contribution in [1.82, 2.24) is 15.3 Å². The molecule has 0 unspecified atom stereocenters. The molecule has 7 heteroatoms. The maximum Gasteiger partial charge on any atom is 0.225 e. The van der Waals surface area contributed by atoms with Gasteiger partial charge in [0.15, 0.2) is 11.5 Å². The Bertz CT molecular complexity index is 1030. The summed E-state index contributed by atoms with van der Waals surface area (Å²) in [5.74, 6) is 2.32. The third-order valence-corrected chi connectivity index (χ3v) is 5.91. The molecular weight excluding hydrogens is 390 g/mol. The Morgan fingerprint density at radius 1 is 1.03 bits per heavy atom. The van der Waals surface area contributed by atoms with Crippen LogP contribution in [0.2, 0.25) is 0 Å². The van der Waals surface area contributed by atoms with Gasteiger partial charge in [0.25, 0.3) is 0 Å². The highest BCUT2D eigenvalue weighted by molar-refractivity contribution is 5.90. The van der Waals surface area contributed by atoms with Gasteiger partial charge in [-0.1, -0.05) is 18.2 Å². The van der Waals surface area contributed by atoms with Gasteiger partial charge in [-0.15, -0.1) is 0 Å². The van der Waals surface area contributed by atoms with Crippen LogP contribution in [0.4, 0.5) is 11.8 Å². The number of methoxy groups -OCH3 is 1. The zero-order chi connectivity index (χ0) is 21.8. The molecule has 3 aromatic rings. The maximum atomic E-state index is 9.95. The summed E-state index contributed by atoms with van der Waals surface area (Å²) in [6.45, 7) is 0.736. The van der Waals surface area contributed by atoms with E-state index in [1.54, 1.807) is 19.2 Å². The molecule has 0 spiro atoms. The topological polar surface area (TPSA) is 82.5 Å². The molecule has 0 atom stereocenters. The molecule has 31 heavy (non-hydrogen) atoms. The Morgan fingerprint density at radius 2 is 1.77 bits per heavy atom. The maximum absolute atomic E-state index is 9.95. The van der Waals surface area contributed by atoms with Gasteiger partial charge >= 0.3 is 0 Å². The number of rotatable bonds is 7. The lowest BCUT2D eigenvalue weighted by Crippen LogP contribution is -2.37. The molecule has 0 amide bonds. The number of ether oxygens (including phenoxy) is 1. The molecule has 1 fully saturated rings. The number of benzene rings is 2. The van der Waals surface area contributed by atoms with Crippen LogP contribution in [0.1, 0.15) is 31.2 Å². The number of phenolic OH excluding ortho intramolecular Hbond substituents is 1. The number of nitrogens with zero attached hydrogens (tertiary/aromatic N) is 3. The van der Waals surface area contributed by atoms with Crippen molar-refractivity contribution < 1.29 is 9.84 Å². The van der Waals surface area contributed by atoms with Crippen molar-refractivity contribution in [1.29, 1.82) is 0 Å². The van der Waals surface area contributed by atoms with Crippen LogP contribution >= 0.6 is 0 Å². The van der Waals surface area contributed by atoms with Gasteiger partial charge in [-0.3, -0.25) is 0 Å². The first-order valence-electron chi connectivity index (χ1n) is 10.8. The van der Waals surface area contributed by atoms with Gasteiger partial charge < -0.3 is 25.4 Å². The Hall–Kier alpha value is -3.06. The van der Waals surface area contributed by atoms with Crippen molar-refractivity contribution in [3.05, 3.63) is 48.0 Å². The van der Waals surface area contributed by atoms with Crippen LogP contribution < -0.4 is 20.3 Å². The van der Waals surface area contributed by atoms with E-state index >= 15 is 0 Å². The molecule has 0 bridgehead atoms. The molecule has 1 heterocycles. The van der Waals surface area contributed by atoms with E-state index in [1.165, 1.54) is 0 Å². The molecule has 1 aromatic heterocycles. The average Bonchev–Trinajstić information content (AvgIpc) is 2.78. The average molecular weight is 422 g/mol. The highest BCUT2D eigenvalue weighted by atomic mass is 16.5. The van der Waals surface area contributed by atoms with Gasteiger partial charge in [-0.05, 0) is 55.5 Å². The summed E-state index contributed by atoms with van der Waals surface area (Å²) >= 11 is 0. The second-order valence-corrected chi connectivity index (χ2v) is 8.36. The molecule has 1 aliphatic rings. The smallest absolute Gasteiger partial charge is 0.225 e. The first kappa shape index (κ1) is 21.2. The normalized spacial score (nSPS) is 18.7. The van der Waals surface area contributed by atoms with Gasteiger partial charge in [-0.2, -0.15) is 4.98 Å². The summed E-state index contributed by atoms with van der Waals surface area (Å²) in [7, 11) is 5.58. The number of aromatic hydroxyl groups is 1. The number of aromatic nitrogens is 2. The summed E-state index contributed by atoms with van der Waals surface area (Å²) in [5, 5.41) is 18.2. The fourth-order valence-electron chi connectivity index (χ4n) is 4.20. The third kappa shape index (κ3) is 4.99. The summed E-state index contributed by atoms with van der Waals surface area (Å²) in [6.07, 6.45) is 4.32. The van der Waals surface area contributed by atoms with E-state index in [1.807, 2.05) is 43.3 Å². The number of anilines is 2. The second kappa shape index (κ2) is 9.39. The van der Waals surface area contributed by atoms with Crippen LogP contribution in [-0.4, -0.2) is 48.4 Å². The summed E-state index contributed by atoms with van der Waals surface area (Å²) in [6, 6.07) is 14.5. The van der Waals surface area contributed by atoms with Crippen molar-refractivity contribution in [3.63, 3.8) is 0 Å². The number of hydrogen-bond acceptors (Lipinski definition) is 7. The summed E-state index contributed by atoms with van der Waals surface area (Å²) in [5.41, 5.74) is 2.01. The molecule has 1 saturated carbocycles. The molecule has 2 aromatic carbocycles. The predicted molar refractivity (Wildman–Crippen MR) is 125 cm³/mol. The van der Waals surface area contributed by atoms with Crippen LogP contribution in [0, 0.1) is 0 Å². The lowest BCUT2D eigenvalue weighted by Gasteiger charge is -2.30. The first-order valence-corrected chi connectivity index (χ1v) is 10.8. The molecule has 7 nitrogen and oxygen atoms in total. The monoisotopic (exact) mass is 421 g/mol. The van der Waals surface area contributed by atoms with Gasteiger partial charge in [0.1, 0.15) is 5.82 Å². The molecular formula is C24H31N5O2. The largest absolute Gasteiger partial charge is 0.504 e. The highest BCUT2D eigenvalue weighted by Gasteiger charge is 2.22.